The first-order valence-electron chi connectivity index (χ1n) is 7.46. The van der Waals surface area contributed by atoms with Crippen molar-refractivity contribution in [2.45, 2.75) is 12.8 Å². The fourth-order valence-corrected chi connectivity index (χ4v) is 3.69. The van der Waals surface area contributed by atoms with Gasteiger partial charge in [0.2, 0.25) is 5.91 Å². The Labute approximate surface area is 154 Å². The maximum absolute atomic E-state index is 11.8. The standard InChI is InChI=1S/C17H16N4OS.BrH/c1-20-9-13(8-18-20)17-19-14(10-23-17)11-3-5-15-12(7-11)4-6-16(22)21(15)2;/h3,5,7-10H,4,6H2,1-2H3;1H. The molecule has 0 saturated carbocycles. The molecule has 2 aromatic heterocycles. The van der Waals surface area contributed by atoms with E-state index in [1.807, 2.05) is 38.6 Å². The number of hydrogen-bond acceptors (Lipinski definition) is 4. The van der Waals surface area contributed by atoms with Crippen LogP contribution in [0.3, 0.4) is 0 Å². The van der Waals surface area contributed by atoms with Gasteiger partial charge in [-0.3, -0.25) is 9.48 Å². The average Bonchev–Trinajstić information content (AvgIpc) is 3.19. The monoisotopic (exact) mass is 404 g/mol. The van der Waals surface area contributed by atoms with Crippen molar-refractivity contribution < 1.29 is 4.79 Å². The summed E-state index contributed by atoms with van der Waals surface area (Å²) in [5, 5.41) is 7.24. The SMILES string of the molecule is Br.CN1C(=O)CCc2cc(-c3csc(-c4cnn(C)c4)n3)ccc21. The molecule has 3 heterocycles. The van der Waals surface area contributed by atoms with Crippen LogP contribution in [0.4, 0.5) is 5.69 Å². The molecule has 0 bridgehead atoms. The molecule has 24 heavy (non-hydrogen) atoms. The van der Waals surface area contributed by atoms with E-state index in [1.54, 1.807) is 20.9 Å². The molecule has 0 unspecified atom stereocenters. The Morgan fingerprint density at radius 1 is 1.17 bits per heavy atom. The molecule has 1 aliphatic rings. The lowest BCUT2D eigenvalue weighted by molar-refractivity contribution is -0.118. The molecule has 1 amide bonds. The lowest BCUT2D eigenvalue weighted by Crippen LogP contribution is -2.30. The van der Waals surface area contributed by atoms with Crippen LogP contribution in [0.2, 0.25) is 0 Å². The summed E-state index contributed by atoms with van der Waals surface area (Å²) in [6.45, 7) is 0. The first-order chi connectivity index (χ1) is 11.1. The lowest BCUT2D eigenvalue weighted by atomic mass is 9.98. The summed E-state index contributed by atoms with van der Waals surface area (Å²) < 4.78 is 1.78. The highest BCUT2D eigenvalue weighted by Crippen LogP contribution is 2.33. The third kappa shape index (κ3) is 2.89. The molecular formula is C17H17BrN4OS. The zero-order valence-corrected chi connectivity index (χ0v) is 15.9. The summed E-state index contributed by atoms with van der Waals surface area (Å²) >= 11 is 1.62. The number of aryl methyl sites for hydroxylation is 2. The summed E-state index contributed by atoms with van der Waals surface area (Å²) in [6.07, 6.45) is 5.17. The minimum Gasteiger partial charge on any atom is -0.315 e. The summed E-state index contributed by atoms with van der Waals surface area (Å²) in [5.41, 5.74) is 5.31. The zero-order chi connectivity index (χ0) is 16.0. The van der Waals surface area contributed by atoms with Gasteiger partial charge >= 0.3 is 0 Å². The highest BCUT2D eigenvalue weighted by Gasteiger charge is 2.21. The van der Waals surface area contributed by atoms with Crippen molar-refractivity contribution in [1.29, 1.82) is 0 Å². The van der Waals surface area contributed by atoms with Crippen LogP contribution in [0.15, 0.2) is 36.0 Å². The number of amides is 1. The third-order valence-electron chi connectivity index (χ3n) is 4.17. The molecule has 7 heteroatoms. The minimum absolute atomic E-state index is 0. The van der Waals surface area contributed by atoms with Crippen LogP contribution in [0.1, 0.15) is 12.0 Å². The number of carbonyl (C=O) groups excluding carboxylic acids is 1. The summed E-state index contributed by atoms with van der Waals surface area (Å²) in [5.74, 6) is 0.178. The van der Waals surface area contributed by atoms with Crippen LogP contribution in [0.5, 0.6) is 0 Å². The fraction of sp³-hybridized carbons (Fsp3) is 0.235. The van der Waals surface area contributed by atoms with Crippen molar-refractivity contribution in [3.63, 3.8) is 0 Å². The van der Waals surface area contributed by atoms with E-state index < -0.39 is 0 Å². The third-order valence-corrected chi connectivity index (χ3v) is 5.07. The Bertz CT molecular complexity index is 902. The molecule has 0 fully saturated rings. The van der Waals surface area contributed by atoms with Crippen LogP contribution in [-0.2, 0) is 18.3 Å². The van der Waals surface area contributed by atoms with Gasteiger partial charge in [0.1, 0.15) is 5.01 Å². The number of halogens is 1. The number of fused-ring (bicyclic) bond motifs is 1. The van der Waals surface area contributed by atoms with Gasteiger partial charge in [0, 0.05) is 48.9 Å². The van der Waals surface area contributed by atoms with Gasteiger partial charge in [-0.15, -0.1) is 28.3 Å². The summed E-state index contributed by atoms with van der Waals surface area (Å²) in [7, 11) is 3.74. The molecule has 3 aromatic rings. The van der Waals surface area contributed by atoms with Crippen LogP contribution in [0, 0.1) is 0 Å². The van der Waals surface area contributed by atoms with E-state index in [-0.39, 0.29) is 22.9 Å². The van der Waals surface area contributed by atoms with E-state index >= 15 is 0 Å². The minimum atomic E-state index is 0. The van der Waals surface area contributed by atoms with Gasteiger partial charge in [0.05, 0.1) is 11.9 Å². The van der Waals surface area contributed by atoms with E-state index in [0.29, 0.717) is 6.42 Å². The number of thiazole rings is 1. The molecule has 4 rings (SSSR count). The smallest absolute Gasteiger partial charge is 0.227 e. The van der Waals surface area contributed by atoms with Gasteiger partial charge in [-0.25, -0.2) is 4.98 Å². The van der Waals surface area contributed by atoms with Crippen molar-refractivity contribution in [2.75, 3.05) is 11.9 Å². The maximum Gasteiger partial charge on any atom is 0.227 e. The Morgan fingerprint density at radius 3 is 2.75 bits per heavy atom. The van der Waals surface area contributed by atoms with Crippen LogP contribution in [0.25, 0.3) is 21.8 Å². The van der Waals surface area contributed by atoms with Gasteiger partial charge in [-0.2, -0.15) is 5.10 Å². The second-order valence-corrected chi connectivity index (χ2v) is 6.59. The molecule has 1 aliphatic heterocycles. The molecule has 0 spiro atoms. The Hall–Kier alpha value is -1.99. The first-order valence-corrected chi connectivity index (χ1v) is 8.34. The number of rotatable bonds is 2. The lowest BCUT2D eigenvalue weighted by Gasteiger charge is -2.26. The van der Waals surface area contributed by atoms with E-state index in [9.17, 15) is 4.79 Å². The molecule has 1 aromatic carbocycles. The van der Waals surface area contributed by atoms with E-state index in [2.05, 4.69) is 16.5 Å². The quantitative estimate of drug-likeness (QED) is 0.654. The molecule has 124 valence electrons. The van der Waals surface area contributed by atoms with E-state index in [4.69, 9.17) is 4.98 Å². The highest BCUT2D eigenvalue weighted by molar-refractivity contribution is 8.93. The number of anilines is 1. The van der Waals surface area contributed by atoms with Crippen molar-refractivity contribution in [3.05, 3.63) is 41.5 Å². The normalized spacial score (nSPS) is 13.6. The first kappa shape index (κ1) is 16.9. The van der Waals surface area contributed by atoms with Gasteiger partial charge in [0.25, 0.3) is 0 Å². The van der Waals surface area contributed by atoms with Gasteiger partial charge in [0.15, 0.2) is 0 Å². The van der Waals surface area contributed by atoms with Crippen LogP contribution in [-0.4, -0.2) is 27.7 Å². The molecule has 0 radical (unpaired) electrons. The summed E-state index contributed by atoms with van der Waals surface area (Å²) in [6, 6.07) is 6.21. The second-order valence-electron chi connectivity index (χ2n) is 5.74. The number of nitrogens with zero attached hydrogens (tertiary/aromatic N) is 4. The number of hydrogen-bond donors (Lipinski definition) is 0. The predicted molar refractivity (Wildman–Crippen MR) is 102 cm³/mol. The van der Waals surface area contributed by atoms with Gasteiger partial charge in [-0.05, 0) is 24.1 Å². The van der Waals surface area contributed by atoms with Crippen molar-refractivity contribution in [3.8, 4) is 21.8 Å². The van der Waals surface area contributed by atoms with Crippen molar-refractivity contribution in [1.82, 2.24) is 14.8 Å². The zero-order valence-electron chi connectivity index (χ0n) is 13.4. The highest BCUT2D eigenvalue weighted by atomic mass is 79.9. The molecule has 0 saturated heterocycles. The van der Waals surface area contributed by atoms with Crippen LogP contribution < -0.4 is 4.90 Å². The Balaban J connectivity index is 0.00000169. The molecule has 5 nitrogen and oxygen atoms in total. The largest absolute Gasteiger partial charge is 0.315 e. The topological polar surface area (TPSA) is 51.0 Å². The number of carbonyl (C=O) groups is 1. The average molecular weight is 405 g/mol. The maximum atomic E-state index is 11.8. The van der Waals surface area contributed by atoms with Crippen LogP contribution >= 0.6 is 28.3 Å². The molecular weight excluding hydrogens is 388 g/mol. The van der Waals surface area contributed by atoms with E-state index in [1.165, 1.54) is 5.56 Å². The summed E-state index contributed by atoms with van der Waals surface area (Å²) in [4.78, 5) is 18.3. The fourth-order valence-electron chi connectivity index (χ4n) is 2.89. The predicted octanol–water partition coefficient (Wildman–Crippen LogP) is 3.70. The molecule has 0 N–H and O–H groups in total. The van der Waals surface area contributed by atoms with E-state index in [0.717, 1.165) is 33.9 Å². The second kappa shape index (κ2) is 6.49. The van der Waals surface area contributed by atoms with Gasteiger partial charge < -0.3 is 4.90 Å². The Morgan fingerprint density at radius 2 is 2.00 bits per heavy atom. The van der Waals surface area contributed by atoms with Crippen molar-refractivity contribution in [2.24, 2.45) is 7.05 Å². The van der Waals surface area contributed by atoms with Gasteiger partial charge in [-0.1, -0.05) is 6.07 Å². The number of benzene rings is 1. The number of aromatic nitrogens is 3. The van der Waals surface area contributed by atoms with Crippen molar-refractivity contribution >= 4 is 39.9 Å². The molecule has 0 atom stereocenters. The Kier molecular flexibility index (Phi) is 4.56. The molecule has 0 aliphatic carbocycles.